The van der Waals surface area contributed by atoms with Crippen LogP contribution in [0.25, 0.3) is 0 Å². The monoisotopic (exact) mass is 244 g/mol. The first kappa shape index (κ1) is 12.4. The molecule has 0 aliphatic heterocycles. The summed E-state index contributed by atoms with van der Waals surface area (Å²) in [5.41, 5.74) is 2.14. The molecule has 0 spiro atoms. The second-order valence-corrected chi connectivity index (χ2v) is 4.19. The predicted molar refractivity (Wildman–Crippen MR) is 74.6 cm³/mol. The van der Waals surface area contributed by atoms with Crippen molar-refractivity contribution in [3.8, 4) is 0 Å². The molecule has 2 nitrogen and oxygen atoms in total. The van der Waals surface area contributed by atoms with E-state index in [9.17, 15) is 4.39 Å². The van der Waals surface area contributed by atoms with Crippen molar-refractivity contribution in [2.24, 2.45) is 0 Å². The van der Waals surface area contributed by atoms with Gasteiger partial charge in [-0.25, -0.2) is 4.39 Å². The number of hydrogen-bond acceptors (Lipinski definition) is 2. The Hall–Kier alpha value is -2.03. The fourth-order valence-electron chi connectivity index (χ4n) is 1.75. The van der Waals surface area contributed by atoms with Crippen molar-refractivity contribution >= 4 is 11.4 Å². The molecule has 2 aromatic rings. The number of rotatable bonds is 5. The minimum atomic E-state index is -0.207. The highest BCUT2D eigenvalue weighted by molar-refractivity contribution is 5.46. The Labute approximate surface area is 107 Å². The Bertz CT molecular complexity index is 468. The molecular formula is C15H17FN2. The van der Waals surface area contributed by atoms with Gasteiger partial charge in [0, 0.05) is 31.5 Å². The molecule has 2 aromatic carbocycles. The van der Waals surface area contributed by atoms with Gasteiger partial charge in [-0.3, -0.25) is 0 Å². The zero-order valence-corrected chi connectivity index (χ0v) is 10.4. The van der Waals surface area contributed by atoms with E-state index in [-0.39, 0.29) is 5.82 Å². The van der Waals surface area contributed by atoms with Crippen LogP contribution in [-0.2, 0) is 0 Å². The maximum Gasteiger partial charge on any atom is 0.123 e. The quantitative estimate of drug-likeness (QED) is 0.867. The van der Waals surface area contributed by atoms with Crippen molar-refractivity contribution in [2.45, 2.75) is 0 Å². The summed E-state index contributed by atoms with van der Waals surface area (Å²) in [4.78, 5) is 2.18. The van der Waals surface area contributed by atoms with Crippen LogP contribution in [0.5, 0.6) is 0 Å². The molecule has 3 heteroatoms. The highest BCUT2D eigenvalue weighted by Crippen LogP contribution is 2.11. The van der Waals surface area contributed by atoms with Gasteiger partial charge in [-0.1, -0.05) is 18.2 Å². The van der Waals surface area contributed by atoms with Gasteiger partial charge >= 0.3 is 0 Å². The highest BCUT2D eigenvalue weighted by atomic mass is 19.1. The molecule has 0 aromatic heterocycles. The number of benzene rings is 2. The first-order chi connectivity index (χ1) is 8.75. The van der Waals surface area contributed by atoms with Gasteiger partial charge in [-0.05, 0) is 36.4 Å². The van der Waals surface area contributed by atoms with E-state index in [1.807, 2.05) is 18.2 Å². The summed E-state index contributed by atoms with van der Waals surface area (Å²) in [6.45, 7) is 1.71. The summed E-state index contributed by atoms with van der Waals surface area (Å²) in [6.07, 6.45) is 0. The standard InChI is InChI=1S/C15H17FN2/c1-18(15-5-3-2-4-6-15)12-11-17-14-9-7-13(16)8-10-14/h2-10,17H,11-12H2,1H3. The van der Waals surface area contributed by atoms with Gasteiger partial charge in [0.1, 0.15) is 5.82 Å². The molecule has 0 aliphatic carbocycles. The van der Waals surface area contributed by atoms with Crippen molar-refractivity contribution in [1.82, 2.24) is 0 Å². The normalized spacial score (nSPS) is 10.1. The number of nitrogens with zero attached hydrogens (tertiary/aromatic N) is 1. The van der Waals surface area contributed by atoms with Gasteiger partial charge in [0.05, 0.1) is 0 Å². The van der Waals surface area contributed by atoms with E-state index in [4.69, 9.17) is 0 Å². The topological polar surface area (TPSA) is 15.3 Å². The van der Waals surface area contributed by atoms with Crippen LogP contribution >= 0.6 is 0 Å². The van der Waals surface area contributed by atoms with Crippen molar-refractivity contribution in [2.75, 3.05) is 30.4 Å². The molecule has 0 unspecified atom stereocenters. The Balaban J connectivity index is 1.80. The zero-order chi connectivity index (χ0) is 12.8. The molecule has 0 amide bonds. The molecular weight excluding hydrogens is 227 g/mol. The molecule has 94 valence electrons. The van der Waals surface area contributed by atoms with E-state index in [0.29, 0.717) is 0 Å². The van der Waals surface area contributed by atoms with E-state index >= 15 is 0 Å². The fraction of sp³-hybridized carbons (Fsp3) is 0.200. The van der Waals surface area contributed by atoms with Crippen molar-refractivity contribution in [1.29, 1.82) is 0 Å². The lowest BCUT2D eigenvalue weighted by Gasteiger charge is -2.19. The SMILES string of the molecule is CN(CCNc1ccc(F)cc1)c1ccccc1. The van der Waals surface area contributed by atoms with Gasteiger partial charge in [0.15, 0.2) is 0 Å². The van der Waals surface area contributed by atoms with Crippen LogP contribution in [0.4, 0.5) is 15.8 Å². The first-order valence-corrected chi connectivity index (χ1v) is 6.01. The molecule has 0 bridgehead atoms. The molecule has 0 heterocycles. The number of nitrogens with one attached hydrogen (secondary N) is 1. The summed E-state index contributed by atoms with van der Waals surface area (Å²) >= 11 is 0. The Morgan fingerprint density at radius 1 is 1.00 bits per heavy atom. The number of halogens is 1. The van der Waals surface area contributed by atoms with Crippen LogP contribution in [0.2, 0.25) is 0 Å². The summed E-state index contributed by atoms with van der Waals surface area (Å²) in [6, 6.07) is 16.6. The highest BCUT2D eigenvalue weighted by Gasteiger charge is 1.99. The van der Waals surface area contributed by atoms with Crippen LogP contribution in [-0.4, -0.2) is 20.1 Å². The van der Waals surface area contributed by atoms with E-state index in [2.05, 4.69) is 29.4 Å². The van der Waals surface area contributed by atoms with Crippen LogP contribution in [0.15, 0.2) is 54.6 Å². The molecule has 1 N–H and O–H groups in total. The molecule has 0 atom stereocenters. The van der Waals surface area contributed by atoms with E-state index in [0.717, 1.165) is 18.8 Å². The van der Waals surface area contributed by atoms with Crippen LogP contribution < -0.4 is 10.2 Å². The average molecular weight is 244 g/mol. The van der Waals surface area contributed by atoms with Crippen LogP contribution in [0.1, 0.15) is 0 Å². The summed E-state index contributed by atoms with van der Waals surface area (Å²) in [5.74, 6) is -0.207. The minimum Gasteiger partial charge on any atom is -0.383 e. The Morgan fingerprint density at radius 3 is 2.33 bits per heavy atom. The summed E-state index contributed by atoms with van der Waals surface area (Å²) in [7, 11) is 2.06. The third kappa shape index (κ3) is 3.48. The van der Waals surface area contributed by atoms with Crippen molar-refractivity contribution < 1.29 is 4.39 Å². The third-order valence-corrected chi connectivity index (χ3v) is 2.82. The number of anilines is 2. The van der Waals surface area contributed by atoms with Gasteiger partial charge < -0.3 is 10.2 Å². The van der Waals surface area contributed by atoms with Gasteiger partial charge in [-0.15, -0.1) is 0 Å². The third-order valence-electron chi connectivity index (χ3n) is 2.82. The molecule has 0 fully saturated rings. The molecule has 0 radical (unpaired) electrons. The van der Waals surface area contributed by atoms with Crippen LogP contribution in [0, 0.1) is 5.82 Å². The largest absolute Gasteiger partial charge is 0.383 e. The molecule has 0 aliphatic rings. The fourth-order valence-corrected chi connectivity index (χ4v) is 1.75. The lowest BCUT2D eigenvalue weighted by atomic mass is 10.3. The lowest BCUT2D eigenvalue weighted by molar-refractivity contribution is 0.628. The molecule has 18 heavy (non-hydrogen) atoms. The maximum absolute atomic E-state index is 12.7. The van der Waals surface area contributed by atoms with Gasteiger partial charge in [0.25, 0.3) is 0 Å². The summed E-state index contributed by atoms with van der Waals surface area (Å²) < 4.78 is 12.7. The first-order valence-electron chi connectivity index (χ1n) is 6.01. The Kier molecular flexibility index (Phi) is 4.18. The van der Waals surface area contributed by atoms with Crippen molar-refractivity contribution in [3.05, 3.63) is 60.4 Å². The lowest BCUT2D eigenvalue weighted by Crippen LogP contribution is -2.24. The average Bonchev–Trinajstić information content (AvgIpc) is 2.42. The summed E-state index contributed by atoms with van der Waals surface area (Å²) in [5, 5.41) is 3.26. The van der Waals surface area contributed by atoms with E-state index in [1.54, 1.807) is 12.1 Å². The smallest absolute Gasteiger partial charge is 0.123 e. The van der Waals surface area contributed by atoms with Gasteiger partial charge in [-0.2, -0.15) is 0 Å². The molecule has 0 saturated heterocycles. The van der Waals surface area contributed by atoms with Gasteiger partial charge in [0.2, 0.25) is 0 Å². The van der Waals surface area contributed by atoms with Crippen LogP contribution in [0.3, 0.4) is 0 Å². The predicted octanol–water partition coefficient (Wildman–Crippen LogP) is 3.37. The second-order valence-electron chi connectivity index (χ2n) is 4.19. The second kappa shape index (κ2) is 6.05. The number of para-hydroxylation sites is 1. The molecule has 0 saturated carbocycles. The number of hydrogen-bond donors (Lipinski definition) is 1. The van der Waals surface area contributed by atoms with E-state index in [1.165, 1.54) is 17.8 Å². The van der Waals surface area contributed by atoms with Crippen molar-refractivity contribution in [3.63, 3.8) is 0 Å². The Morgan fingerprint density at radius 2 is 1.67 bits per heavy atom. The number of likely N-dealkylation sites (N-methyl/N-ethyl adjacent to an activating group) is 1. The van der Waals surface area contributed by atoms with E-state index < -0.39 is 0 Å². The maximum atomic E-state index is 12.7. The minimum absolute atomic E-state index is 0.207. The molecule has 2 rings (SSSR count). The zero-order valence-electron chi connectivity index (χ0n) is 10.4.